The molecule has 4 aliphatic carbocycles. The summed E-state index contributed by atoms with van der Waals surface area (Å²) in [4.78, 5) is 13.3. The quantitative estimate of drug-likeness (QED) is 0.458. The standard InChI is InChI=1S/C29H48O5/c1-15(25(33)26(34)16(2)27(3,4)5)18-8-9-19-17-12-22(30)21-13-23(31)24(32)14-29(21,7)20(17)10-11-28(18,19)6/h15,17-21,23-26,31-34H,2,8-14H2,1,3-7H3/t15-,17-,18+,19-,20-,21+,23-,24-,25+,26+,28+,29+/m0/s1. The molecule has 4 fully saturated rings. The molecule has 0 heterocycles. The Hall–Kier alpha value is -0.750. The van der Waals surface area contributed by atoms with E-state index in [9.17, 15) is 25.2 Å². The maximum absolute atomic E-state index is 13.3. The molecule has 4 rings (SSSR count). The van der Waals surface area contributed by atoms with E-state index in [0.29, 0.717) is 42.6 Å². The number of aliphatic hydroxyl groups is 4. The summed E-state index contributed by atoms with van der Waals surface area (Å²) in [6.45, 7) is 16.8. The van der Waals surface area contributed by atoms with Crippen LogP contribution in [0.1, 0.15) is 86.5 Å². The highest BCUT2D eigenvalue weighted by Gasteiger charge is 2.63. The molecule has 0 spiro atoms. The largest absolute Gasteiger partial charge is 0.390 e. The van der Waals surface area contributed by atoms with Crippen LogP contribution in [0.3, 0.4) is 0 Å². The molecule has 34 heavy (non-hydrogen) atoms. The summed E-state index contributed by atoms with van der Waals surface area (Å²) in [6.07, 6.45) is 2.28. The monoisotopic (exact) mass is 476 g/mol. The van der Waals surface area contributed by atoms with Gasteiger partial charge in [-0.25, -0.2) is 0 Å². The maximum Gasteiger partial charge on any atom is 0.136 e. The van der Waals surface area contributed by atoms with Crippen molar-refractivity contribution >= 4 is 5.78 Å². The highest BCUT2D eigenvalue weighted by atomic mass is 16.3. The summed E-state index contributed by atoms with van der Waals surface area (Å²) in [5.74, 6) is 1.46. The summed E-state index contributed by atoms with van der Waals surface area (Å²) in [5.41, 5.74) is 0.183. The van der Waals surface area contributed by atoms with Gasteiger partial charge in [0.15, 0.2) is 0 Å². The normalized spacial score (nSPS) is 47.2. The molecular formula is C29H48O5. The third-order valence-corrected chi connectivity index (χ3v) is 11.4. The molecule has 5 heteroatoms. The number of rotatable bonds is 4. The minimum Gasteiger partial charge on any atom is -0.390 e. The molecule has 194 valence electrons. The van der Waals surface area contributed by atoms with E-state index in [0.717, 1.165) is 25.7 Å². The molecule has 5 nitrogen and oxygen atoms in total. The lowest BCUT2D eigenvalue weighted by Crippen LogP contribution is -2.59. The van der Waals surface area contributed by atoms with Crippen LogP contribution in [0.2, 0.25) is 0 Å². The number of fused-ring (bicyclic) bond motifs is 5. The van der Waals surface area contributed by atoms with Gasteiger partial charge in [0.25, 0.3) is 0 Å². The Morgan fingerprint density at radius 2 is 1.65 bits per heavy atom. The van der Waals surface area contributed by atoms with E-state index in [1.54, 1.807) is 0 Å². The Morgan fingerprint density at radius 3 is 2.26 bits per heavy atom. The third-order valence-electron chi connectivity index (χ3n) is 11.4. The van der Waals surface area contributed by atoms with E-state index in [4.69, 9.17) is 0 Å². The second-order valence-corrected chi connectivity index (χ2v) is 14.0. The molecule has 0 saturated heterocycles. The predicted molar refractivity (Wildman–Crippen MR) is 133 cm³/mol. The molecule has 0 radical (unpaired) electrons. The number of ketones is 1. The van der Waals surface area contributed by atoms with Crippen LogP contribution in [0.4, 0.5) is 0 Å². The highest BCUT2D eigenvalue weighted by molar-refractivity contribution is 5.83. The molecule has 0 aromatic rings. The first-order valence-corrected chi connectivity index (χ1v) is 13.6. The fourth-order valence-corrected chi connectivity index (χ4v) is 9.15. The lowest BCUT2D eigenvalue weighted by atomic mass is 9.44. The fraction of sp³-hybridized carbons (Fsp3) is 0.897. The number of Topliss-reactive ketones (excluding diaryl/α,β-unsaturated/α-hetero) is 1. The van der Waals surface area contributed by atoms with Crippen LogP contribution in [0.15, 0.2) is 12.2 Å². The van der Waals surface area contributed by atoms with Crippen molar-refractivity contribution in [2.45, 2.75) is 111 Å². The van der Waals surface area contributed by atoms with Crippen molar-refractivity contribution in [1.29, 1.82) is 0 Å². The fourth-order valence-electron chi connectivity index (χ4n) is 9.15. The van der Waals surface area contributed by atoms with Crippen molar-refractivity contribution in [2.75, 3.05) is 0 Å². The molecule has 4 aliphatic rings. The first-order chi connectivity index (χ1) is 15.6. The summed E-state index contributed by atoms with van der Waals surface area (Å²) in [7, 11) is 0. The van der Waals surface area contributed by atoms with Crippen molar-refractivity contribution in [3.05, 3.63) is 12.2 Å². The maximum atomic E-state index is 13.3. The van der Waals surface area contributed by atoms with Gasteiger partial charge in [-0.2, -0.15) is 0 Å². The molecule has 0 unspecified atom stereocenters. The number of hydrogen-bond donors (Lipinski definition) is 4. The zero-order valence-corrected chi connectivity index (χ0v) is 22.1. The van der Waals surface area contributed by atoms with Crippen LogP contribution in [0, 0.1) is 51.8 Å². The average Bonchev–Trinajstić information content (AvgIpc) is 3.10. The van der Waals surface area contributed by atoms with Crippen LogP contribution in [-0.4, -0.2) is 50.6 Å². The van der Waals surface area contributed by atoms with Gasteiger partial charge >= 0.3 is 0 Å². The molecule has 4 saturated carbocycles. The highest BCUT2D eigenvalue weighted by Crippen LogP contribution is 2.67. The van der Waals surface area contributed by atoms with E-state index in [2.05, 4.69) is 27.4 Å². The van der Waals surface area contributed by atoms with E-state index >= 15 is 0 Å². The summed E-state index contributed by atoms with van der Waals surface area (Å²) >= 11 is 0. The summed E-state index contributed by atoms with van der Waals surface area (Å²) in [6, 6.07) is 0. The zero-order valence-electron chi connectivity index (χ0n) is 22.1. The van der Waals surface area contributed by atoms with Crippen molar-refractivity contribution in [1.82, 2.24) is 0 Å². The molecule has 0 bridgehead atoms. The van der Waals surface area contributed by atoms with Gasteiger partial charge in [-0.15, -0.1) is 0 Å². The molecule has 0 amide bonds. The topological polar surface area (TPSA) is 98.0 Å². The van der Waals surface area contributed by atoms with Gasteiger partial charge < -0.3 is 20.4 Å². The van der Waals surface area contributed by atoms with Crippen LogP contribution < -0.4 is 0 Å². The second-order valence-electron chi connectivity index (χ2n) is 14.0. The third kappa shape index (κ3) is 3.93. The molecule has 12 atom stereocenters. The Bertz CT molecular complexity index is 816. The van der Waals surface area contributed by atoms with Gasteiger partial charge in [0.05, 0.1) is 18.3 Å². The van der Waals surface area contributed by atoms with E-state index in [1.165, 1.54) is 0 Å². The molecular weight excluding hydrogens is 428 g/mol. The molecule has 4 N–H and O–H groups in total. The van der Waals surface area contributed by atoms with E-state index in [1.807, 2.05) is 20.8 Å². The first-order valence-electron chi connectivity index (χ1n) is 13.6. The lowest BCUT2D eigenvalue weighted by molar-refractivity contribution is -0.174. The Labute approximate surface area is 206 Å². The lowest BCUT2D eigenvalue weighted by Gasteiger charge is -2.61. The van der Waals surface area contributed by atoms with Crippen molar-refractivity contribution < 1.29 is 25.2 Å². The van der Waals surface area contributed by atoms with Crippen LogP contribution in [0.25, 0.3) is 0 Å². The van der Waals surface area contributed by atoms with Crippen LogP contribution in [-0.2, 0) is 4.79 Å². The summed E-state index contributed by atoms with van der Waals surface area (Å²) in [5, 5.41) is 42.9. The Kier molecular flexibility index (Phi) is 6.72. The minimum absolute atomic E-state index is 0.0284. The SMILES string of the molecule is C=C([C@@H](O)[C@H](O)[C@@H](C)[C@H]1CC[C@H]2[C@@H]3CC(=O)[C@H]4C[C@H](O)[C@@H](O)C[C@]4(C)[C@H]3CC[C@]12C)C(C)(C)C. The molecule has 0 aromatic carbocycles. The van der Waals surface area contributed by atoms with Crippen LogP contribution in [0.5, 0.6) is 0 Å². The second kappa shape index (κ2) is 8.68. The number of aliphatic hydroxyl groups excluding tert-OH is 4. The minimum atomic E-state index is -0.944. The van der Waals surface area contributed by atoms with Crippen LogP contribution >= 0.6 is 0 Å². The Balaban J connectivity index is 1.56. The van der Waals surface area contributed by atoms with Crippen molar-refractivity contribution in [3.63, 3.8) is 0 Å². The smallest absolute Gasteiger partial charge is 0.136 e. The Morgan fingerprint density at radius 1 is 1.03 bits per heavy atom. The average molecular weight is 477 g/mol. The number of hydrogen-bond acceptors (Lipinski definition) is 5. The van der Waals surface area contributed by atoms with E-state index < -0.39 is 24.4 Å². The van der Waals surface area contributed by atoms with Gasteiger partial charge in [0.2, 0.25) is 0 Å². The molecule has 0 aromatic heterocycles. The number of carbonyl (C=O) groups is 1. The number of carbonyl (C=O) groups excluding carboxylic acids is 1. The van der Waals surface area contributed by atoms with Gasteiger partial charge in [-0.1, -0.05) is 48.1 Å². The van der Waals surface area contributed by atoms with Gasteiger partial charge in [-0.3, -0.25) is 4.79 Å². The zero-order chi connectivity index (χ0) is 25.4. The predicted octanol–water partition coefficient (Wildman–Crippen LogP) is 4.12. The summed E-state index contributed by atoms with van der Waals surface area (Å²) < 4.78 is 0. The van der Waals surface area contributed by atoms with Gasteiger partial charge in [0.1, 0.15) is 11.9 Å². The van der Waals surface area contributed by atoms with Crippen molar-refractivity contribution in [3.8, 4) is 0 Å². The van der Waals surface area contributed by atoms with Gasteiger partial charge in [0, 0.05) is 12.3 Å². The van der Waals surface area contributed by atoms with Gasteiger partial charge in [-0.05, 0) is 89.9 Å². The van der Waals surface area contributed by atoms with E-state index in [-0.39, 0.29) is 39.8 Å². The molecule has 0 aliphatic heterocycles. The van der Waals surface area contributed by atoms with Crippen molar-refractivity contribution in [2.24, 2.45) is 51.8 Å². The first kappa shape index (κ1) is 26.3.